The predicted molar refractivity (Wildman–Crippen MR) is 157 cm³/mol. The smallest absolute Gasteiger partial charge is 0.349 e. The summed E-state index contributed by atoms with van der Waals surface area (Å²) >= 11 is 0. The third-order valence-electron chi connectivity index (χ3n) is 8.80. The summed E-state index contributed by atoms with van der Waals surface area (Å²) in [4.78, 5) is 16.5. The van der Waals surface area contributed by atoms with Crippen molar-refractivity contribution in [3.8, 4) is 0 Å². The van der Waals surface area contributed by atoms with Crippen molar-refractivity contribution in [2.75, 3.05) is 0 Å². The lowest BCUT2D eigenvalue weighted by Gasteiger charge is -2.38. The van der Waals surface area contributed by atoms with Crippen molar-refractivity contribution in [2.45, 2.75) is 59.9 Å². The van der Waals surface area contributed by atoms with Gasteiger partial charge in [0.2, 0.25) is 0 Å². The van der Waals surface area contributed by atoms with Crippen LogP contribution in [0.4, 0.5) is 39.5 Å². The van der Waals surface area contributed by atoms with Crippen molar-refractivity contribution in [3.05, 3.63) is 131 Å². The lowest BCUT2D eigenvalue weighted by molar-refractivity contribution is -0.392. The number of aromatic nitrogens is 1. The number of ether oxygens (including phenoxy) is 1. The van der Waals surface area contributed by atoms with E-state index in [1.807, 2.05) is 0 Å². The van der Waals surface area contributed by atoms with Crippen LogP contribution in [0.3, 0.4) is 0 Å². The van der Waals surface area contributed by atoms with Crippen molar-refractivity contribution in [1.82, 2.24) is 4.98 Å². The second kappa shape index (κ2) is 13.2. The number of carbonyl (C=O) groups is 1. The highest BCUT2D eigenvalue weighted by Crippen LogP contribution is 2.55. The molecule has 15 heteroatoms. The summed E-state index contributed by atoms with van der Waals surface area (Å²) in [5.74, 6) is -4.52. The molecule has 0 radical (unpaired) electrons. The number of alkyl halides is 6. The normalized spacial score (nSPS) is 18.8. The molecule has 5 rings (SSSR count). The zero-order chi connectivity index (χ0) is 35.8. The van der Waals surface area contributed by atoms with Crippen LogP contribution in [0.2, 0.25) is 0 Å². The van der Waals surface area contributed by atoms with Crippen LogP contribution in [0.1, 0.15) is 52.7 Å². The summed E-state index contributed by atoms with van der Waals surface area (Å²) in [5, 5.41) is 0. The van der Waals surface area contributed by atoms with Gasteiger partial charge in [-0.15, -0.1) is 0 Å². The van der Waals surface area contributed by atoms with E-state index >= 15 is 0 Å². The molecule has 0 amide bonds. The summed E-state index contributed by atoms with van der Waals surface area (Å²) in [6.07, 6.45) is -10.0. The Bertz CT molecular complexity index is 1880. The zero-order valence-electron chi connectivity index (χ0n) is 25.2. The number of rotatable bonds is 10. The number of ketones is 1. The number of carbonyl (C=O) groups excluding carboxylic acids is 1. The van der Waals surface area contributed by atoms with Gasteiger partial charge in [-0.05, 0) is 79.3 Å². The lowest BCUT2D eigenvalue weighted by Crippen LogP contribution is -2.56. The monoisotopic (exact) mass is 715 g/mol. The van der Waals surface area contributed by atoms with Gasteiger partial charge in [0, 0.05) is 35.5 Å². The van der Waals surface area contributed by atoms with Crippen molar-refractivity contribution >= 4 is 15.6 Å². The molecule has 0 bridgehead atoms. The molecule has 2 unspecified atom stereocenters. The number of nitrogens with zero attached hydrogens (tertiary/aromatic N) is 1. The molecule has 0 spiro atoms. The Morgan fingerprint density at radius 2 is 1.39 bits per heavy atom. The second-order valence-electron chi connectivity index (χ2n) is 11.7. The van der Waals surface area contributed by atoms with Crippen LogP contribution in [0.5, 0.6) is 0 Å². The molecule has 1 aliphatic carbocycles. The van der Waals surface area contributed by atoms with Crippen molar-refractivity contribution in [2.24, 2.45) is 5.92 Å². The van der Waals surface area contributed by atoms with Gasteiger partial charge in [-0.2, -0.15) is 26.3 Å². The van der Waals surface area contributed by atoms with Crippen molar-refractivity contribution in [1.29, 1.82) is 0 Å². The van der Waals surface area contributed by atoms with Gasteiger partial charge in [0.15, 0.2) is 15.6 Å². The fourth-order valence-corrected chi connectivity index (χ4v) is 8.53. The van der Waals surface area contributed by atoms with Crippen LogP contribution in [0, 0.1) is 23.4 Å². The number of Topliss-reactive ketones (excluding diaryl/α,β-unsaturated/α-hetero) is 1. The van der Waals surface area contributed by atoms with Gasteiger partial charge in [-0.25, -0.2) is 21.6 Å². The summed E-state index contributed by atoms with van der Waals surface area (Å²) < 4.78 is 160. The second-order valence-corrected chi connectivity index (χ2v) is 13.9. The molecule has 4 aromatic rings. The molecule has 260 valence electrons. The highest BCUT2D eigenvalue weighted by molar-refractivity contribution is 7.92. The molecular weight excluding hydrogens is 689 g/mol. The first-order chi connectivity index (χ1) is 22.9. The average molecular weight is 716 g/mol. The first-order valence-electron chi connectivity index (χ1n) is 14.7. The molecule has 1 heterocycles. The largest absolute Gasteiger partial charge is 0.430 e. The summed E-state index contributed by atoms with van der Waals surface area (Å²) in [7, 11) is -4.51. The third kappa shape index (κ3) is 6.57. The highest BCUT2D eigenvalue weighted by atomic mass is 32.2. The van der Waals surface area contributed by atoms with E-state index in [9.17, 15) is 52.7 Å². The number of sulfone groups is 1. The minimum Gasteiger partial charge on any atom is -0.349 e. The Balaban J connectivity index is 1.58. The maximum absolute atomic E-state index is 14.5. The van der Waals surface area contributed by atoms with E-state index < -0.39 is 73.6 Å². The minimum absolute atomic E-state index is 0.117. The Labute approximate surface area is 274 Å². The van der Waals surface area contributed by atoms with Crippen LogP contribution in [-0.4, -0.2) is 31.5 Å². The van der Waals surface area contributed by atoms with Gasteiger partial charge in [0.05, 0.1) is 11.5 Å². The fourth-order valence-electron chi connectivity index (χ4n) is 6.29. The van der Waals surface area contributed by atoms with E-state index in [0.717, 1.165) is 42.5 Å². The lowest BCUT2D eigenvalue weighted by atomic mass is 9.87. The molecule has 5 nitrogen and oxygen atoms in total. The Hall–Kier alpha value is -4.24. The van der Waals surface area contributed by atoms with E-state index in [0.29, 0.717) is 29.8 Å². The molecular formula is C34H26F9NO4S. The van der Waals surface area contributed by atoms with E-state index in [4.69, 9.17) is 0 Å². The number of hydrogen-bond donors (Lipinski definition) is 0. The summed E-state index contributed by atoms with van der Waals surface area (Å²) in [6, 6.07) is 11.2. The van der Waals surface area contributed by atoms with Crippen molar-refractivity contribution in [3.63, 3.8) is 0 Å². The molecule has 3 aromatic carbocycles. The number of hydrogen-bond acceptors (Lipinski definition) is 5. The fraction of sp³-hybridized carbons (Fsp3) is 0.294. The molecule has 1 aliphatic rings. The topological polar surface area (TPSA) is 73.3 Å². The molecule has 0 saturated heterocycles. The number of halogens is 9. The van der Waals surface area contributed by atoms with E-state index in [1.54, 1.807) is 0 Å². The van der Waals surface area contributed by atoms with E-state index in [2.05, 4.69) is 9.72 Å². The van der Waals surface area contributed by atoms with Gasteiger partial charge < -0.3 is 4.74 Å². The van der Waals surface area contributed by atoms with Gasteiger partial charge in [0.1, 0.15) is 22.2 Å². The summed E-state index contributed by atoms with van der Waals surface area (Å²) in [6.45, 7) is -1.75. The Morgan fingerprint density at radius 3 is 1.94 bits per heavy atom. The molecule has 1 fully saturated rings. The van der Waals surface area contributed by atoms with Crippen molar-refractivity contribution < 1.29 is 57.5 Å². The van der Waals surface area contributed by atoms with Gasteiger partial charge in [-0.1, -0.05) is 30.3 Å². The zero-order valence-corrected chi connectivity index (χ0v) is 26.0. The molecule has 0 aliphatic heterocycles. The maximum Gasteiger partial charge on any atom is 0.430 e. The van der Waals surface area contributed by atoms with Crippen LogP contribution < -0.4 is 0 Å². The number of pyridine rings is 1. The van der Waals surface area contributed by atoms with Gasteiger partial charge >= 0.3 is 12.4 Å². The third-order valence-corrected chi connectivity index (χ3v) is 11.3. The van der Waals surface area contributed by atoms with E-state index in [1.165, 1.54) is 24.5 Å². The quantitative estimate of drug-likeness (QED) is 0.0933. The number of benzene rings is 3. The maximum atomic E-state index is 14.5. The molecule has 0 N–H and O–H groups in total. The minimum atomic E-state index is -6.21. The highest BCUT2D eigenvalue weighted by Gasteiger charge is 2.73. The predicted octanol–water partition coefficient (Wildman–Crippen LogP) is 8.78. The van der Waals surface area contributed by atoms with Gasteiger partial charge in [-0.3, -0.25) is 9.78 Å². The Kier molecular flexibility index (Phi) is 9.74. The average Bonchev–Trinajstić information content (AvgIpc) is 3.47. The van der Waals surface area contributed by atoms with Crippen LogP contribution >= 0.6 is 0 Å². The van der Waals surface area contributed by atoms with Crippen LogP contribution in [-0.2, 0) is 31.5 Å². The summed E-state index contributed by atoms with van der Waals surface area (Å²) in [5.41, 5.74) is -7.64. The molecule has 2 atom stereocenters. The molecule has 1 saturated carbocycles. The molecule has 49 heavy (non-hydrogen) atoms. The first kappa shape index (κ1) is 36.1. The van der Waals surface area contributed by atoms with Crippen LogP contribution in [0.15, 0.2) is 96.2 Å². The Morgan fingerprint density at radius 1 is 0.816 bits per heavy atom. The standard InChI is InChI=1S/C34H26F9NO4S/c35-25-8-10-26(11-9-25)49(46,47)31(15-12-21(19-31)18-30(45)22-13-16-44-17-14-22)23-4-6-24(7-5-23)32(33(38,39)40,34(41,42)43)48-20-27-28(36)2-1-3-29(27)37/h1-11,13-14,16-17,21H,12,15,18-20H2. The molecule has 1 aromatic heterocycles. The van der Waals surface area contributed by atoms with Gasteiger partial charge in [0.25, 0.3) is 5.60 Å². The SMILES string of the molecule is O=C(CC1CCC(c2ccc(C(OCc3c(F)cccc3F)(C(F)(F)F)C(F)(F)F)cc2)(S(=O)(=O)c2ccc(F)cc2)C1)c1ccncc1. The first-order valence-corrected chi connectivity index (χ1v) is 16.2. The van der Waals surface area contributed by atoms with E-state index in [-0.39, 0.29) is 41.9 Å². The van der Waals surface area contributed by atoms with Crippen LogP contribution in [0.25, 0.3) is 0 Å².